The second-order valence-corrected chi connectivity index (χ2v) is 6.11. The lowest BCUT2D eigenvalue weighted by Crippen LogP contribution is -3.10. The molecule has 1 atom stereocenters. The Hall–Kier alpha value is -2.00. The van der Waals surface area contributed by atoms with Crippen molar-refractivity contribution in [3.05, 3.63) is 53.8 Å². The van der Waals surface area contributed by atoms with Gasteiger partial charge >= 0.3 is 0 Å². The summed E-state index contributed by atoms with van der Waals surface area (Å²) in [5, 5.41) is 0. The summed E-state index contributed by atoms with van der Waals surface area (Å²) in [6.07, 6.45) is 16.3. The Morgan fingerprint density at radius 1 is 1.09 bits per heavy atom. The molecule has 3 nitrogen and oxygen atoms in total. The number of allylic oxidation sites excluding steroid dienone is 3. The molecule has 0 saturated carbocycles. The van der Waals surface area contributed by atoms with Crippen LogP contribution in [0.1, 0.15) is 38.2 Å². The summed E-state index contributed by atoms with van der Waals surface area (Å²) in [4.78, 5) is 1.56. The zero-order valence-corrected chi connectivity index (χ0v) is 13.9. The molecule has 1 unspecified atom stereocenters. The Morgan fingerprint density at radius 2 is 2.00 bits per heavy atom. The molecule has 1 N–H and O–H groups in total. The molecule has 3 rings (SSSR count). The van der Waals surface area contributed by atoms with Gasteiger partial charge in [0.15, 0.2) is 11.5 Å². The Kier molecular flexibility index (Phi) is 5.54. The third-order valence-electron chi connectivity index (χ3n) is 4.37. The summed E-state index contributed by atoms with van der Waals surface area (Å²) in [7, 11) is 0. The number of quaternary nitrogens is 1. The normalized spacial score (nSPS) is 19.3. The third-order valence-corrected chi connectivity index (χ3v) is 4.37. The van der Waals surface area contributed by atoms with Crippen molar-refractivity contribution in [2.75, 3.05) is 19.9 Å². The van der Waals surface area contributed by atoms with E-state index in [0.29, 0.717) is 6.79 Å². The summed E-state index contributed by atoms with van der Waals surface area (Å²) in [6, 6.07) is 6.09. The molecule has 0 fully saturated rings. The maximum Gasteiger partial charge on any atom is 0.231 e. The smallest absolute Gasteiger partial charge is 0.231 e. The van der Waals surface area contributed by atoms with E-state index < -0.39 is 0 Å². The number of benzene rings is 1. The van der Waals surface area contributed by atoms with Crippen LogP contribution in [-0.4, -0.2) is 19.9 Å². The summed E-state index contributed by atoms with van der Waals surface area (Å²) in [6.45, 7) is 4.88. The van der Waals surface area contributed by atoms with E-state index in [1.165, 1.54) is 37.9 Å². The van der Waals surface area contributed by atoms with Crippen LogP contribution in [0.5, 0.6) is 11.5 Å². The molecule has 0 radical (unpaired) electrons. The Bertz CT molecular complexity index is 616. The minimum absolute atomic E-state index is 0.328. The quantitative estimate of drug-likeness (QED) is 0.780. The highest BCUT2D eigenvalue weighted by molar-refractivity contribution is 5.58. The standard InChI is InChI=1S/C20H25NO2/c1-2-3-4-6-13-21-14-7-5-8-18(21)11-9-17-10-12-19-20(15-17)23-16-22-19/h5,7-12,15H,2-4,6,13-14,16H2,1H3/p+1. The fourth-order valence-corrected chi connectivity index (χ4v) is 3.01. The number of rotatable bonds is 7. The first-order chi connectivity index (χ1) is 11.4. The summed E-state index contributed by atoms with van der Waals surface area (Å²) in [5.41, 5.74) is 2.51. The van der Waals surface area contributed by atoms with Crippen LogP contribution in [-0.2, 0) is 0 Å². The maximum atomic E-state index is 5.44. The van der Waals surface area contributed by atoms with Crippen LogP contribution in [0.25, 0.3) is 6.08 Å². The van der Waals surface area contributed by atoms with Crippen LogP contribution < -0.4 is 14.4 Å². The Balaban J connectivity index is 1.62. The van der Waals surface area contributed by atoms with Crippen molar-refractivity contribution >= 4 is 6.08 Å². The molecule has 2 aliphatic heterocycles. The Morgan fingerprint density at radius 3 is 2.91 bits per heavy atom. The molecule has 2 aliphatic rings. The van der Waals surface area contributed by atoms with Gasteiger partial charge in [-0.15, -0.1) is 0 Å². The summed E-state index contributed by atoms with van der Waals surface area (Å²) >= 11 is 0. The van der Waals surface area contributed by atoms with Gasteiger partial charge in [0, 0.05) is 0 Å². The predicted molar refractivity (Wildman–Crippen MR) is 93.7 cm³/mol. The monoisotopic (exact) mass is 312 g/mol. The highest BCUT2D eigenvalue weighted by Crippen LogP contribution is 2.32. The zero-order valence-electron chi connectivity index (χ0n) is 13.9. The predicted octanol–water partition coefficient (Wildman–Crippen LogP) is 3.35. The number of ether oxygens (including phenoxy) is 2. The van der Waals surface area contributed by atoms with Gasteiger partial charge in [0.1, 0.15) is 12.2 Å². The average Bonchev–Trinajstić information content (AvgIpc) is 3.05. The van der Waals surface area contributed by atoms with E-state index in [0.717, 1.165) is 23.6 Å². The lowest BCUT2D eigenvalue weighted by molar-refractivity contribution is -0.852. The SMILES string of the molecule is CCCCCC[NH+]1CC=CC=C1C=Cc1ccc2c(c1)OCO2. The zero-order chi connectivity index (χ0) is 15.9. The van der Waals surface area contributed by atoms with Crippen molar-refractivity contribution in [2.24, 2.45) is 0 Å². The van der Waals surface area contributed by atoms with E-state index in [1.807, 2.05) is 12.1 Å². The highest BCUT2D eigenvalue weighted by Gasteiger charge is 2.14. The molecular formula is C20H26NO2+. The molecular weight excluding hydrogens is 286 g/mol. The molecule has 0 aromatic heterocycles. The van der Waals surface area contributed by atoms with Gasteiger partial charge in [0.05, 0.1) is 6.54 Å². The average molecular weight is 312 g/mol. The molecule has 23 heavy (non-hydrogen) atoms. The van der Waals surface area contributed by atoms with Crippen molar-refractivity contribution < 1.29 is 14.4 Å². The van der Waals surface area contributed by atoms with Gasteiger partial charge in [-0.2, -0.15) is 0 Å². The molecule has 2 heterocycles. The van der Waals surface area contributed by atoms with E-state index in [2.05, 4.69) is 43.4 Å². The first kappa shape index (κ1) is 15.9. The minimum atomic E-state index is 0.328. The number of hydrogen-bond acceptors (Lipinski definition) is 2. The van der Waals surface area contributed by atoms with Crippen molar-refractivity contribution in [3.63, 3.8) is 0 Å². The van der Waals surface area contributed by atoms with Crippen molar-refractivity contribution in [1.29, 1.82) is 0 Å². The van der Waals surface area contributed by atoms with Crippen LogP contribution in [0.2, 0.25) is 0 Å². The third kappa shape index (κ3) is 4.26. The topological polar surface area (TPSA) is 22.9 Å². The van der Waals surface area contributed by atoms with Crippen molar-refractivity contribution in [1.82, 2.24) is 0 Å². The maximum absolute atomic E-state index is 5.44. The van der Waals surface area contributed by atoms with Gasteiger partial charge in [-0.3, -0.25) is 4.90 Å². The van der Waals surface area contributed by atoms with E-state index in [4.69, 9.17) is 9.47 Å². The minimum Gasteiger partial charge on any atom is -0.454 e. The van der Waals surface area contributed by atoms with E-state index in [9.17, 15) is 0 Å². The number of unbranched alkanes of at least 4 members (excludes halogenated alkanes) is 3. The molecule has 0 bridgehead atoms. The number of fused-ring (bicyclic) bond motifs is 1. The molecule has 1 aromatic carbocycles. The molecule has 1 aromatic rings. The number of hydrogen-bond donors (Lipinski definition) is 1. The van der Waals surface area contributed by atoms with Crippen LogP contribution in [0, 0.1) is 0 Å². The molecule has 0 aliphatic carbocycles. The fraction of sp³-hybridized carbons (Fsp3) is 0.400. The van der Waals surface area contributed by atoms with E-state index in [-0.39, 0.29) is 0 Å². The lowest BCUT2D eigenvalue weighted by atomic mass is 10.1. The van der Waals surface area contributed by atoms with Crippen LogP contribution in [0.4, 0.5) is 0 Å². The molecule has 122 valence electrons. The number of nitrogens with one attached hydrogen (secondary N) is 1. The van der Waals surface area contributed by atoms with E-state index in [1.54, 1.807) is 4.90 Å². The van der Waals surface area contributed by atoms with Gasteiger partial charge in [-0.05, 0) is 54.8 Å². The first-order valence-electron chi connectivity index (χ1n) is 8.66. The second kappa shape index (κ2) is 8.02. The molecule has 0 saturated heterocycles. The molecule has 3 heteroatoms. The van der Waals surface area contributed by atoms with Crippen LogP contribution in [0.15, 0.2) is 48.2 Å². The van der Waals surface area contributed by atoms with Gasteiger partial charge in [0.2, 0.25) is 6.79 Å². The van der Waals surface area contributed by atoms with Gasteiger partial charge in [-0.1, -0.05) is 31.9 Å². The Labute approximate surface area is 138 Å². The van der Waals surface area contributed by atoms with E-state index >= 15 is 0 Å². The highest BCUT2D eigenvalue weighted by atomic mass is 16.7. The summed E-state index contributed by atoms with van der Waals surface area (Å²) < 4.78 is 10.8. The van der Waals surface area contributed by atoms with Crippen LogP contribution >= 0.6 is 0 Å². The lowest BCUT2D eigenvalue weighted by Gasteiger charge is -2.20. The van der Waals surface area contributed by atoms with Gasteiger partial charge < -0.3 is 9.47 Å². The largest absolute Gasteiger partial charge is 0.454 e. The molecule has 0 amide bonds. The first-order valence-corrected chi connectivity index (χ1v) is 8.66. The summed E-state index contributed by atoms with van der Waals surface area (Å²) in [5.74, 6) is 1.68. The van der Waals surface area contributed by atoms with Crippen molar-refractivity contribution in [3.8, 4) is 11.5 Å². The van der Waals surface area contributed by atoms with Gasteiger partial charge in [-0.25, -0.2) is 0 Å². The van der Waals surface area contributed by atoms with Gasteiger partial charge in [0.25, 0.3) is 0 Å². The molecule has 0 spiro atoms. The van der Waals surface area contributed by atoms with Crippen molar-refractivity contribution in [2.45, 2.75) is 32.6 Å². The fourth-order valence-electron chi connectivity index (χ4n) is 3.01. The second-order valence-electron chi connectivity index (χ2n) is 6.11. The van der Waals surface area contributed by atoms with Crippen LogP contribution in [0.3, 0.4) is 0 Å².